The average Bonchev–Trinajstić information content (AvgIpc) is 2.82. The zero-order chi connectivity index (χ0) is 25.5. The van der Waals surface area contributed by atoms with Crippen LogP contribution in [0, 0.1) is 0 Å². The van der Waals surface area contributed by atoms with Gasteiger partial charge in [-0.05, 0) is 48.9 Å². The normalized spacial score (nSPS) is 11.3. The molecular weight excluding hydrogens is 453 g/mol. The highest BCUT2D eigenvalue weighted by Crippen LogP contribution is 2.30. The molecule has 0 atom stereocenters. The number of hydrogen-bond acceptors (Lipinski definition) is 2. The van der Waals surface area contributed by atoms with Crippen LogP contribution in [0.5, 0.6) is 0 Å². The highest BCUT2D eigenvalue weighted by atomic mass is 19.4. The summed E-state index contributed by atoms with van der Waals surface area (Å²) in [5.74, 6) is -0.592. The van der Waals surface area contributed by atoms with Gasteiger partial charge >= 0.3 is 6.18 Å². The van der Waals surface area contributed by atoms with Crippen LogP contribution in [0.15, 0.2) is 48.5 Å². The van der Waals surface area contributed by atoms with Gasteiger partial charge in [-0.2, -0.15) is 13.2 Å². The summed E-state index contributed by atoms with van der Waals surface area (Å²) in [4.78, 5) is 24.5. The Balaban J connectivity index is 1.65. The number of rotatable bonds is 15. The number of hydrogen-bond donors (Lipinski definition) is 2. The molecule has 0 unspecified atom stereocenters. The van der Waals surface area contributed by atoms with E-state index in [1.165, 1.54) is 75.6 Å². The molecule has 0 aliphatic rings. The largest absolute Gasteiger partial charge is 0.416 e. The number of halogens is 3. The highest BCUT2D eigenvalue weighted by Gasteiger charge is 2.30. The molecule has 0 saturated carbocycles. The maximum absolute atomic E-state index is 12.8. The minimum Gasteiger partial charge on any atom is -0.326 e. The fraction of sp³-hybridized carbons (Fsp3) is 0.500. The Hall–Kier alpha value is -2.83. The van der Waals surface area contributed by atoms with Gasteiger partial charge in [0, 0.05) is 23.4 Å². The van der Waals surface area contributed by atoms with Crippen molar-refractivity contribution in [1.82, 2.24) is 0 Å². The molecule has 2 aromatic rings. The van der Waals surface area contributed by atoms with Crippen LogP contribution in [0.25, 0.3) is 0 Å². The van der Waals surface area contributed by atoms with E-state index in [9.17, 15) is 22.8 Å². The summed E-state index contributed by atoms with van der Waals surface area (Å²) in [5, 5.41) is 5.29. The topological polar surface area (TPSA) is 58.2 Å². The second kappa shape index (κ2) is 15.2. The third-order valence-electron chi connectivity index (χ3n) is 5.89. The maximum Gasteiger partial charge on any atom is 0.416 e. The van der Waals surface area contributed by atoms with Gasteiger partial charge in [-0.1, -0.05) is 77.2 Å². The van der Waals surface area contributed by atoms with E-state index >= 15 is 0 Å². The molecule has 2 aromatic carbocycles. The second-order valence-corrected chi connectivity index (χ2v) is 8.94. The van der Waals surface area contributed by atoms with Gasteiger partial charge in [0.05, 0.1) is 5.56 Å². The predicted molar refractivity (Wildman–Crippen MR) is 136 cm³/mol. The molecule has 2 amide bonds. The van der Waals surface area contributed by atoms with Crippen molar-refractivity contribution >= 4 is 23.2 Å². The molecule has 0 aromatic heterocycles. The lowest BCUT2D eigenvalue weighted by Crippen LogP contribution is -2.14. The number of carbonyl (C=O) groups excluding carboxylic acids is 2. The second-order valence-electron chi connectivity index (χ2n) is 8.94. The van der Waals surface area contributed by atoms with Gasteiger partial charge in [-0.15, -0.1) is 0 Å². The summed E-state index contributed by atoms with van der Waals surface area (Å²) in [6.07, 6.45) is 9.44. The number of benzene rings is 2. The molecule has 0 aliphatic carbocycles. The maximum atomic E-state index is 12.8. The number of alkyl halides is 3. The third-order valence-corrected chi connectivity index (χ3v) is 5.89. The molecule has 0 radical (unpaired) electrons. The van der Waals surface area contributed by atoms with E-state index in [1.54, 1.807) is 12.1 Å². The van der Waals surface area contributed by atoms with Crippen LogP contribution in [0.1, 0.15) is 99.9 Å². The molecule has 4 nitrogen and oxygen atoms in total. The first kappa shape index (κ1) is 28.4. The lowest BCUT2D eigenvalue weighted by atomic mass is 10.1. The van der Waals surface area contributed by atoms with Crippen LogP contribution in [0.3, 0.4) is 0 Å². The van der Waals surface area contributed by atoms with E-state index in [-0.39, 0.29) is 17.2 Å². The van der Waals surface area contributed by atoms with Gasteiger partial charge < -0.3 is 10.6 Å². The molecule has 0 heterocycles. The zero-order valence-corrected chi connectivity index (χ0v) is 20.6. The Kier molecular flexibility index (Phi) is 12.4. The molecule has 0 aliphatic heterocycles. The lowest BCUT2D eigenvalue weighted by Gasteiger charge is -2.10. The highest BCUT2D eigenvalue weighted by molar-refractivity contribution is 6.04. The van der Waals surface area contributed by atoms with Crippen molar-refractivity contribution in [3.05, 3.63) is 59.7 Å². The first-order chi connectivity index (χ1) is 16.8. The third kappa shape index (κ3) is 11.4. The number of anilines is 2. The molecule has 2 rings (SSSR count). The zero-order valence-electron chi connectivity index (χ0n) is 20.6. The molecule has 0 spiro atoms. The Morgan fingerprint density at radius 2 is 1.29 bits per heavy atom. The van der Waals surface area contributed by atoms with Crippen LogP contribution >= 0.6 is 0 Å². The molecule has 7 heteroatoms. The van der Waals surface area contributed by atoms with E-state index in [0.29, 0.717) is 12.1 Å². The summed E-state index contributed by atoms with van der Waals surface area (Å²) in [6, 6.07) is 10.8. The number of amides is 2. The minimum atomic E-state index is -4.48. The number of nitrogens with one attached hydrogen (secondary N) is 2. The molecule has 0 bridgehead atoms. The molecule has 0 saturated heterocycles. The Labute approximate surface area is 206 Å². The lowest BCUT2D eigenvalue weighted by molar-refractivity contribution is -0.137. The molecule has 192 valence electrons. The van der Waals surface area contributed by atoms with Crippen molar-refractivity contribution < 1.29 is 22.8 Å². The first-order valence-corrected chi connectivity index (χ1v) is 12.7. The van der Waals surface area contributed by atoms with Gasteiger partial charge in [0.15, 0.2) is 0 Å². The van der Waals surface area contributed by atoms with E-state index in [4.69, 9.17) is 0 Å². The van der Waals surface area contributed by atoms with E-state index in [0.717, 1.165) is 31.4 Å². The Bertz CT molecular complexity index is 911. The quantitative estimate of drug-likeness (QED) is 0.246. The van der Waals surface area contributed by atoms with Gasteiger partial charge in [-0.3, -0.25) is 9.59 Å². The van der Waals surface area contributed by atoms with Crippen molar-refractivity contribution in [2.24, 2.45) is 0 Å². The van der Waals surface area contributed by atoms with E-state index in [2.05, 4.69) is 17.6 Å². The summed E-state index contributed by atoms with van der Waals surface area (Å²) in [7, 11) is 0. The average molecular weight is 491 g/mol. The van der Waals surface area contributed by atoms with Crippen molar-refractivity contribution in [1.29, 1.82) is 0 Å². The van der Waals surface area contributed by atoms with Gasteiger partial charge in [-0.25, -0.2) is 0 Å². The standard InChI is InChI=1S/C28H37F3N2O2/c1-2-3-4-5-6-7-8-9-10-11-12-16-26(34)32-24-19-17-22(18-20-24)27(35)33-25-15-13-14-23(21-25)28(29,30)31/h13-15,17-21H,2-12,16H2,1H3,(H,32,34)(H,33,35). The van der Waals surface area contributed by atoms with Crippen molar-refractivity contribution in [2.75, 3.05) is 10.6 Å². The molecule has 35 heavy (non-hydrogen) atoms. The van der Waals surface area contributed by atoms with Crippen molar-refractivity contribution in [3.63, 3.8) is 0 Å². The Morgan fingerprint density at radius 3 is 1.86 bits per heavy atom. The van der Waals surface area contributed by atoms with Gasteiger partial charge in [0.25, 0.3) is 5.91 Å². The van der Waals surface area contributed by atoms with Crippen LogP contribution in [-0.4, -0.2) is 11.8 Å². The minimum absolute atomic E-state index is 0.0641. The van der Waals surface area contributed by atoms with Crippen LogP contribution in [-0.2, 0) is 11.0 Å². The molecular formula is C28H37F3N2O2. The smallest absolute Gasteiger partial charge is 0.326 e. The summed E-state index contributed by atoms with van der Waals surface area (Å²) < 4.78 is 38.5. The SMILES string of the molecule is CCCCCCCCCCCCCC(=O)Nc1ccc(C(=O)Nc2cccc(C(F)(F)F)c2)cc1. The van der Waals surface area contributed by atoms with Gasteiger partial charge in [0.2, 0.25) is 5.91 Å². The Morgan fingerprint density at radius 1 is 0.714 bits per heavy atom. The first-order valence-electron chi connectivity index (χ1n) is 12.7. The fourth-order valence-corrected chi connectivity index (χ4v) is 3.85. The van der Waals surface area contributed by atoms with E-state index < -0.39 is 17.6 Å². The summed E-state index contributed by atoms with van der Waals surface area (Å²) >= 11 is 0. The molecule has 0 fully saturated rings. The monoisotopic (exact) mass is 490 g/mol. The fourth-order valence-electron chi connectivity index (χ4n) is 3.85. The van der Waals surface area contributed by atoms with Crippen molar-refractivity contribution in [2.45, 2.75) is 90.1 Å². The van der Waals surface area contributed by atoms with E-state index in [1.807, 2.05) is 0 Å². The van der Waals surface area contributed by atoms with Crippen LogP contribution in [0.4, 0.5) is 24.5 Å². The summed E-state index contributed by atoms with van der Waals surface area (Å²) in [6.45, 7) is 2.23. The van der Waals surface area contributed by atoms with Crippen molar-refractivity contribution in [3.8, 4) is 0 Å². The van der Waals surface area contributed by atoms with Gasteiger partial charge in [0.1, 0.15) is 0 Å². The summed E-state index contributed by atoms with van der Waals surface area (Å²) in [5.41, 5.74) is 0.0970. The molecule has 2 N–H and O–H groups in total. The van der Waals surface area contributed by atoms with Crippen LogP contribution in [0.2, 0.25) is 0 Å². The number of unbranched alkanes of at least 4 members (excludes halogenated alkanes) is 10. The predicted octanol–water partition coefficient (Wildman–Crippen LogP) is 8.60. The van der Waals surface area contributed by atoms with Crippen LogP contribution < -0.4 is 10.6 Å². The number of carbonyl (C=O) groups is 2.